The number of nitrogens with one attached hydrogen (secondary N) is 3. The van der Waals surface area contributed by atoms with Gasteiger partial charge >= 0.3 is 0 Å². The van der Waals surface area contributed by atoms with Crippen molar-refractivity contribution in [1.29, 1.82) is 0 Å². The third kappa shape index (κ3) is 3.80. The van der Waals surface area contributed by atoms with Crippen molar-refractivity contribution >= 4 is 29.1 Å². The van der Waals surface area contributed by atoms with Crippen molar-refractivity contribution in [2.75, 3.05) is 5.32 Å². The van der Waals surface area contributed by atoms with Gasteiger partial charge in [0.05, 0.1) is 4.88 Å². The van der Waals surface area contributed by atoms with Gasteiger partial charge in [0.25, 0.3) is 11.8 Å². The molecule has 2 aromatic heterocycles. The van der Waals surface area contributed by atoms with Crippen LogP contribution in [0.5, 0.6) is 0 Å². The number of aromatic amines is 1. The topological polar surface area (TPSA) is 99.8 Å². The van der Waals surface area contributed by atoms with E-state index in [1.54, 1.807) is 30.3 Å². The van der Waals surface area contributed by atoms with Gasteiger partial charge in [0.15, 0.2) is 0 Å². The van der Waals surface area contributed by atoms with E-state index in [9.17, 15) is 9.59 Å². The van der Waals surface area contributed by atoms with Gasteiger partial charge in [0.1, 0.15) is 6.33 Å². The molecule has 3 rings (SSSR count). The van der Waals surface area contributed by atoms with E-state index in [-0.39, 0.29) is 11.8 Å². The van der Waals surface area contributed by atoms with Crippen LogP contribution in [0.25, 0.3) is 0 Å². The zero-order valence-electron chi connectivity index (χ0n) is 11.9. The van der Waals surface area contributed by atoms with E-state index >= 15 is 0 Å². The standard InChI is InChI=1S/C15H13N5O2S/c21-13(19-15-17-9-18-20-15)11-5-3-10(4-6-11)8-16-14(22)12-2-1-7-23-12/h1-7,9H,8H2,(H,16,22)(H2,17,18,19,20,21). The number of hydrogen-bond donors (Lipinski definition) is 3. The Hall–Kier alpha value is -3.00. The van der Waals surface area contributed by atoms with Crippen molar-refractivity contribution in [2.45, 2.75) is 6.54 Å². The number of anilines is 1. The molecule has 2 heterocycles. The minimum Gasteiger partial charge on any atom is -0.347 e. The summed E-state index contributed by atoms with van der Waals surface area (Å²) in [6, 6.07) is 10.6. The molecule has 0 fully saturated rings. The maximum absolute atomic E-state index is 12.0. The molecule has 23 heavy (non-hydrogen) atoms. The fourth-order valence-corrected chi connectivity index (χ4v) is 2.54. The average Bonchev–Trinajstić information content (AvgIpc) is 3.26. The van der Waals surface area contributed by atoms with Gasteiger partial charge < -0.3 is 5.32 Å². The highest BCUT2D eigenvalue weighted by atomic mass is 32.1. The molecule has 0 aliphatic carbocycles. The summed E-state index contributed by atoms with van der Waals surface area (Å²) >= 11 is 1.40. The third-order valence-electron chi connectivity index (χ3n) is 3.06. The molecule has 0 atom stereocenters. The van der Waals surface area contributed by atoms with Gasteiger partial charge in [-0.2, -0.15) is 10.1 Å². The number of carbonyl (C=O) groups is 2. The molecule has 0 unspecified atom stereocenters. The molecule has 7 nitrogen and oxygen atoms in total. The minimum absolute atomic E-state index is 0.105. The summed E-state index contributed by atoms with van der Waals surface area (Å²) in [6.45, 7) is 0.404. The van der Waals surface area contributed by atoms with Crippen molar-refractivity contribution in [3.05, 3.63) is 64.1 Å². The zero-order valence-corrected chi connectivity index (χ0v) is 12.8. The van der Waals surface area contributed by atoms with Crippen LogP contribution >= 0.6 is 11.3 Å². The van der Waals surface area contributed by atoms with Crippen LogP contribution in [-0.2, 0) is 6.54 Å². The first kappa shape index (κ1) is 14.9. The van der Waals surface area contributed by atoms with Gasteiger partial charge in [-0.15, -0.1) is 11.3 Å². The fourth-order valence-electron chi connectivity index (χ4n) is 1.90. The van der Waals surface area contributed by atoms with E-state index in [0.717, 1.165) is 5.56 Å². The summed E-state index contributed by atoms with van der Waals surface area (Å²) in [5.41, 5.74) is 1.40. The number of rotatable bonds is 5. The molecule has 0 spiro atoms. The second kappa shape index (κ2) is 6.84. The Balaban J connectivity index is 1.56. The maximum Gasteiger partial charge on any atom is 0.261 e. The number of nitrogens with zero attached hydrogens (tertiary/aromatic N) is 2. The molecule has 116 valence electrons. The number of thiophene rings is 1. The Bertz CT molecular complexity index is 782. The Labute approximate surface area is 135 Å². The normalized spacial score (nSPS) is 10.3. The zero-order chi connectivity index (χ0) is 16.1. The average molecular weight is 327 g/mol. The van der Waals surface area contributed by atoms with E-state index in [0.29, 0.717) is 22.9 Å². The monoisotopic (exact) mass is 327 g/mol. The summed E-state index contributed by atoms with van der Waals surface area (Å²) in [6.07, 6.45) is 1.31. The first-order valence-electron chi connectivity index (χ1n) is 6.80. The van der Waals surface area contributed by atoms with Gasteiger partial charge in [-0.25, -0.2) is 5.10 Å². The smallest absolute Gasteiger partial charge is 0.261 e. The van der Waals surface area contributed by atoms with E-state index in [1.807, 2.05) is 11.4 Å². The molecule has 0 aliphatic heterocycles. The predicted octanol–water partition coefficient (Wildman–Crippen LogP) is 2.05. The van der Waals surface area contributed by atoms with Crippen LogP contribution in [0.2, 0.25) is 0 Å². The first-order valence-corrected chi connectivity index (χ1v) is 7.68. The van der Waals surface area contributed by atoms with Gasteiger partial charge in [-0.3, -0.25) is 14.9 Å². The molecule has 0 bridgehead atoms. The quantitative estimate of drug-likeness (QED) is 0.668. The second-order valence-electron chi connectivity index (χ2n) is 4.65. The van der Waals surface area contributed by atoms with Crippen molar-refractivity contribution in [1.82, 2.24) is 20.5 Å². The summed E-state index contributed by atoms with van der Waals surface area (Å²) in [7, 11) is 0. The number of aromatic nitrogens is 3. The molecule has 3 N–H and O–H groups in total. The van der Waals surface area contributed by atoms with Crippen LogP contribution in [0.15, 0.2) is 48.1 Å². The fraction of sp³-hybridized carbons (Fsp3) is 0.0667. The Kier molecular flexibility index (Phi) is 4.44. The molecule has 0 aliphatic rings. The lowest BCUT2D eigenvalue weighted by atomic mass is 10.1. The number of amides is 2. The maximum atomic E-state index is 12.0. The third-order valence-corrected chi connectivity index (χ3v) is 3.93. The summed E-state index contributed by atoms with van der Waals surface area (Å²) in [5.74, 6) is -0.0923. The number of benzene rings is 1. The van der Waals surface area contributed by atoms with Crippen LogP contribution in [0.1, 0.15) is 25.6 Å². The molecular formula is C15H13N5O2S. The lowest BCUT2D eigenvalue weighted by molar-refractivity contribution is 0.0953. The van der Waals surface area contributed by atoms with Crippen molar-refractivity contribution in [3.8, 4) is 0 Å². The van der Waals surface area contributed by atoms with E-state index in [4.69, 9.17) is 0 Å². The second-order valence-corrected chi connectivity index (χ2v) is 5.59. The predicted molar refractivity (Wildman–Crippen MR) is 86.3 cm³/mol. The summed E-state index contributed by atoms with van der Waals surface area (Å²) in [5, 5.41) is 13.5. The van der Waals surface area contributed by atoms with Crippen LogP contribution in [0, 0.1) is 0 Å². The largest absolute Gasteiger partial charge is 0.347 e. The molecule has 2 amide bonds. The SMILES string of the molecule is O=C(Nc1ncn[nH]1)c1ccc(CNC(=O)c2cccs2)cc1. The van der Waals surface area contributed by atoms with Gasteiger partial charge in [0.2, 0.25) is 5.95 Å². The van der Waals surface area contributed by atoms with Crippen molar-refractivity contribution in [2.24, 2.45) is 0 Å². The Morgan fingerprint density at radius 1 is 1.13 bits per heavy atom. The first-order chi connectivity index (χ1) is 11.2. The Morgan fingerprint density at radius 3 is 2.61 bits per heavy atom. The number of hydrogen-bond acceptors (Lipinski definition) is 5. The van der Waals surface area contributed by atoms with E-state index in [2.05, 4.69) is 25.8 Å². The highest BCUT2D eigenvalue weighted by molar-refractivity contribution is 7.12. The van der Waals surface area contributed by atoms with E-state index in [1.165, 1.54) is 17.7 Å². The summed E-state index contributed by atoms with van der Waals surface area (Å²) in [4.78, 5) is 28.3. The van der Waals surface area contributed by atoms with Gasteiger partial charge in [-0.1, -0.05) is 18.2 Å². The van der Waals surface area contributed by atoms with Crippen LogP contribution in [0.4, 0.5) is 5.95 Å². The van der Waals surface area contributed by atoms with Crippen molar-refractivity contribution < 1.29 is 9.59 Å². The van der Waals surface area contributed by atoms with Crippen molar-refractivity contribution in [3.63, 3.8) is 0 Å². The highest BCUT2D eigenvalue weighted by Gasteiger charge is 2.08. The molecule has 1 aromatic carbocycles. The molecule has 0 saturated carbocycles. The number of carbonyl (C=O) groups excluding carboxylic acids is 2. The van der Waals surface area contributed by atoms with Gasteiger partial charge in [-0.05, 0) is 29.1 Å². The highest BCUT2D eigenvalue weighted by Crippen LogP contribution is 2.10. The minimum atomic E-state index is -0.282. The van der Waals surface area contributed by atoms with E-state index < -0.39 is 0 Å². The molecule has 0 radical (unpaired) electrons. The van der Waals surface area contributed by atoms with Crippen LogP contribution < -0.4 is 10.6 Å². The molecule has 8 heteroatoms. The van der Waals surface area contributed by atoms with Crippen LogP contribution in [-0.4, -0.2) is 27.0 Å². The lowest BCUT2D eigenvalue weighted by Gasteiger charge is -2.06. The molecule has 3 aromatic rings. The van der Waals surface area contributed by atoms with Gasteiger partial charge in [0, 0.05) is 12.1 Å². The molecule has 0 saturated heterocycles. The Morgan fingerprint density at radius 2 is 1.96 bits per heavy atom. The summed E-state index contributed by atoms with van der Waals surface area (Å²) < 4.78 is 0. The lowest BCUT2D eigenvalue weighted by Crippen LogP contribution is -2.21. The number of H-pyrrole nitrogens is 1. The van der Waals surface area contributed by atoms with Crippen LogP contribution in [0.3, 0.4) is 0 Å². The molecular weight excluding hydrogens is 314 g/mol.